The van der Waals surface area contributed by atoms with Gasteiger partial charge in [0.1, 0.15) is 11.4 Å². The molecule has 0 unspecified atom stereocenters. The minimum atomic E-state index is -5.28. The highest BCUT2D eigenvalue weighted by atomic mass is 32.3. The van der Waals surface area contributed by atoms with Gasteiger partial charge in [0.2, 0.25) is 0 Å². The summed E-state index contributed by atoms with van der Waals surface area (Å²) in [6.45, 7) is 8.21. The summed E-state index contributed by atoms with van der Waals surface area (Å²) in [6, 6.07) is 1.29. The third-order valence-electron chi connectivity index (χ3n) is 3.49. The van der Waals surface area contributed by atoms with Gasteiger partial charge in [-0.1, -0.05) is 3.89 Å². The minimum Gasteiger partial charge on any atom is -0.465 e. The molecule has 0 radical (unpaired) electrons. The summed E-state index contributed by atoms with van der Waals surface area (Å²) in [4.78, 5) is 23.8. The molecule has 1 N–H and O–H groups in total. The van der Waals surface area contributed by atoms with E-state index in [-0.39, 0.29) is 30.0 Å². The molecule has 0 spiro atoms. The second-order valence-corrected chi connectivity index (χ2v) is 7.77. The molecular formula is C17H24FNO7S. The second-order valence-electron chi connectivity index (χ2n) is 6.82. The molecule has 1 rings (SSSR count). The predicted molar refractivity (Wildman–Crippen MR) is 95.5 cm³/mol. The number of esters is 2. The van der Waals surface area contributed by atoms with Gasteiger partial charge in [-0.2, -0.15) is 8.42 Å². The van der Waals surface area contributed by atoms with E-state index in [1.165, 1.54) is 20.1 Å². The number of benzene rings is 1. The fraction of sp³-hybridized carbons (Fsp3) is 0.529. The van der Waals surface area contributed by atoms with Crippen LogP contribution in [0.3, 0.4) is 0 Å². The summed E-state index contributed by atoms with van der Waals surface area (Å²) in [5, 5.41) is 2.83. The number of hydrogen-bond acceptors (Lipinski definition) is 8. The van der Waals surface area contributed by atoms with Gasteiger partial charge in [-0.05, 0) is 51.8 Å². The molecule has 152 valence electrons. The van der Waals surface area contributed by atoms with Crippen LogP contribution in [0.2, 0.25) is 0 Å². The van der Waals surface area contributed by atoms with Gasteiger partial charge in [0.05, 0.1) is 19.2 Å². The number of nitrogens with one attached hydrogen (secondary N) is 1. The van der Waals surface area contributed by atoms with Crippen LogP contribution in [0.4, 0.5) is 3.89 Å². The average Bonchev–Trinajstić information content (AvgIpc) is 2.48. The zero-order chi connectivity index (χ0) is 21.0. The normalized spacial score (nSPS) is 11.8. The number of rotatable bonds is 7. The van der Waals surface area contributed by atoms with Crippen LogP contribution in [0, 0.1) is 13.8 Å². The van der Waals surface area contributed by atoms with Gasteiger partial charge in [-0.25, -0.2) is 4.79 Å². The first-order chi connectivity index (χ1) is 12.2. The van der Waals surface area contributed by atoms with E-state index in [0.717, 1.165) is 0 Å². The van der Waals surface area contributed by atoms with Crippen molar-refractivity contribution < 1.29 is 35.5 Å². The first-order valence-electron chi connectivity index (χ1n) is 8.03. The quantitative estimate of drug-likeness (QED) is 0.543. The topological polar surface area (TPSA) is 108 Å². The van der Waals surface area contributed by atoms with Gasteiger partial charge in [0.15, 0.2) is 0 Å². The summed E-state index contributed by atoms with van der Waals surface area (Å²) in [6.07, 6.45) is 0. The lowest BCUT2D eigenvalue weighted by Gasteiger charge is -2.20. The van der Waals surface area contributed by atoms with Crippen molar-refractivity contribution in [1.82, 2.24) is 5.32 Å². The maximum Gasteiger partial charge on any atom is 0.488 e. The number of methoxy groups -OCH3 is 1. The fourth-order valence-corrected chi connectivity index (χ4v) is 2.79. The molecule has 0 bridgehead atoms. The SMILES string of the molecule is COC(=O)c1c(C)c(CNCC(=O)OC(C)(C)C)cc(OS(=O)(=O)F)c1C. The minimum absolute atomic E-state index is 0.0627. The smallest absolute Gasteiger partial charge is 0.465 e. The Morgan fingerprint density at radius 2 is 1.78 bits per heavy atom. The average molecular weight is 405 g/mol. The van der Waals surface area contributed by atoms with Crippen LogP contribution < -0.4 is 9.50 Å². The lowest BCUT2D eigenvalue weighted by Crippen LogP contribution is -2.31. The number of carbonyl (C=O) groups excluding carboxylic acids is 2. The number of carbonyl (C=O) groups is 2. The summed E-state index contributed by atoms with van der Waals surface area (Å²) in [5.41, 5.74) is 0.472. The van der Waals surface area contributed by atoms with E-state index in [1.54, 1.807) is 27.7 Å². The third-order valence-corrected chi connectivity index (χ3v) is 3.87. The molecule has 0 amide bonds. The van der Waals surface area contributed by atoms with E-state index in [0.29, 0.717) is 11.1 Å². The lowest BCUT2D eigenvalue weighted by atomic mass is 9.96. The molecule has 0 fully saturated rings. The van der Waals surface area contributed by atoms with Crippen molar-refractivity contribution in [1.29, 1.82) is 0 Å². The first kappa shape index (κ1) is 22.8. The summed E-state index contributed by atoms with van der Waals surface area (Å²) in [5.74, 6) is -1.54. The number of hydrogen-bond donors (Lipinski definition) is 1. The molecule has 0 saturated carbocycles. The molecule has 0 heterocycles. The van der Waals surface area contributed by atoms with Crippen LogP contribution >= 0.6 is 0 Å². The highest BCUT2D eigenvalue weighted by Crippen LogP contribution is 2.30. The van der Waals surface area contributed by atoms with Crippen LogP contribution in [0.5, 0.6) is 5.75 Å². The molecule has 27 heavy (non-hydrogen) atoms. The van der Waals surface area contributed by atoms with Crippen molar-refractivity contribution >= 4 is 22.4 Å². The summed E-state index contributed by atoms with van der Waals surface area (Å²) < 4.78 is 48.9. The molecule has 0 aliphatic rings. The third kappa shape index (κ3) is 7.14. The molecule has 1 aromatic carbocycles. The Kier molecular flexibility index (Phi) is 7.32. The fourth-order valence-electron chi connectivity index (χ4n) is 2.40. The van der Waals surface area contributed by atoms with Crippen LogP contribution in [0.15, 0.2) is 6.07 Å². The van der Waals surface area contributed by atoms with Crippen molar-refractivity contribution in [2.24, 2.45) is 0 Å². The van der Waals surface area contributed by atoms with Crippen molar-refractivity contribution in [2.75, 3.05) is 13.7 Å². The molecule has 0 aromatic heterocycles. The lowest BCUT2D eigenvalue weighted by molar-refractivity contribution is -0.153. The Morgan fingerprint density at radius 1 is 1.19 bits per heavy atom. The summed E-state index contributed by atoms with van der Waals surface area (Å²) in [7, 11) is -4.11. The number of halogens is 1. The predicted octanol–water partition coefficient (Wildman–Crippen LogP) is 2.11. The molecule has 10 heteroatoms. The van der Waals surface area contributed by atoms with E-state index in [4.69, 9.17) is 9.47 Å². The van der Waals surface area contributed by atoms with Gasteiger partial charge in [0, 0.05) is 12.1 Å². The van der Waals surface area contributed by atoms with Gasteiger partial charge >= 0.3 is 22.4 Å². The Labute approximate surface area is 158 Å². The van der Waals surface area contributed by atoms with Gasteiger partial charge < -0.3 is 19.0 Å². The molecule has 0 saturated heterocycles. The Hall–Kier alpha value is -2.20. The maximum absolute atomic E-state index is 13.0. The van der Waals surface area contributed by atoms with Crippen LogP contribution in [-0.4, -0.2) is 39.6 Å². The van der Waals surface area contributed by atoms with Crippen molar-refractivity contribution in [3.8, 4) is 5.75 Å². The zero-order valence-electron chi connectivity index (χ0n) is 16.1. The number of ether oxygens (including phenoxy) is 2. The van der Waals surface area contributed by atoms with E-state index in [2.05, 4.69) is 9.50 Å². The first-order valence-corrected chi connectivity index (χ1v) is 9.34. The molecule has 0 aliphatic carbocycles. The zero-order valence-corrected chi connectivity index (χ0v) is 17.0. The van der Waals surface area contributed by atoms with E-state index >= 15 is 0 Å². The maximum atomic E-state index is 13.0. The Bertz CT molecular complexity index is 829. The van der Waals surface area contributed by atoms with Gasteiger partial charge in [-0.3, -0.25) is 4.79 Å². The van der Waals surface area contributed by atoms with Crippen LogP contribution in [-0.2, 0) is 31.3 Å². The summed E-state index contributed by atoms with van der Waals surface area (Å²) >= 11 is 0. The van der Waals surface area contributed by atoms with E-state index in [9.17, 15) is 21.9 Å². The van der Waals surface area contributed by atoms with E-state index in [1.807, 2.05) is 0 Å². The second kappa shape index (κ2) is 8.66. The molecule has 1 aromatic rings. The largest absolute Gasteiger partial charge is 0.488 e. The van der Waals surface area contributed by atoms with Crippen molar-refractivity contribution in [3.05, 3.63) is 28.3 Å². The van der Waals surface area contributed by atoms with Gasteiger partial charge in [0.25, 0.3) is 0 Å². The molecular weight excluding hydrogens is 381 g/mol. The standard InChI is InChI=1S/C17H24FNO7S/c1-10-12(8-19-9-14(20)25-17(3,4)5)7-13(26-27(18,22)23)11(2)15(10)16(21)24-6/h7,19H,8-9H2,1-6H3. The highest BCUT2D eigenvalue weighted by Gasteiger charge is 2.23. The molecule has 8 nitrogen and oxygen atoms in total. The highest BCUT2D eigenvalue weighted by molar-refractivity contribution is 7.81. The van der Waals surface area contributed by atoms with Crippen LogP contribution in [0.25, 0.3) is 0 Å². The monoisotopic (exact) mass is 405 g/mol. The van der Waals surface area contributed by atoms with Crippen LogP contribution in [0.1, 0.15) is 47.8 Å². The van der Waals surface area contributed by atoms with Crippen molar-refractivity contribution in [3.63, 3.8) is 0 Å². The Morgan fingerprint density at radius 3 is 2.26 bits per heavy atom. The molecule has 0 aliphatic heterocycles. The Balaban J connectivity index is 3.13. The van der Waals surface area contributed by atoms with E-state index < -0.39 is 28.0 Å². The molecule has 0 atom stereocenters. The van der Waals surface area contributed by atoms with Gasteiger partial charge in [-0.15, -0.1) is 0 Å². The van der Waals surface area contributed by atoms with Crippen molar-refractivity contribution in [2.45, 2.75) is 46.8 Å².